The van der Waals surface area contributed by atoms with Crippen LogP contribution in [-0.4, -0.2) is 15.6 Å². The van der Waals surface area contributed by atoms with Gasteiger partial charge in [-0.3, -0.25) is 4.79 Å². The van der Waals surface area contributed by atoms with Crippen molar-refractivity contribution in [1.29, 1.82) is 0 Å². The van der Waals surface area contributed by atoms with Crippen LogP contribution < -0.4 is 11.3 Å². The van der Waals surface area contributed by atoms with Crippen LogP contribution in [0.25, 0.3) is 0 Å². The smallest absolute Gasteiger partial charge is 0.261 e. The third kappa shape index (κ3) is 1.93. The molecule has 1 aromatic heterocycles. The standard InChI is InChI=1S/C11H15N3O2/c12-10(13-16)9-5-2-6-14(11(9)15)7-8-3-1-4-8/h2,5-6,8,16H,1,3-4,7H2,(H2,12,13). The zero-order valence-corrected chi connectivity index (χ0v) is 8.97. The Bertz CT molecular complexity index is 461. The summed E-state index contributed by atoms with van der Waals surface area (Å²) in [5.41, 5.74) is 5.49. The van der Waals surface area contributed by atoms with E-state index in [0.717, 1.165) is 6.54 Å². The van der Waals surface area contributed by atoms with Crippen LogP contribution in [0.1, 0.15) is 24.8 Å². The van der Waals surface area contributed by atoms with E-state index in [2.05, 4.69) is 5.16 Å². The molecule has 5 heteroatoms. The van der Waals surface area contributed by atoms with E-state index >= 15 is 0 Å². The molecule has 3 N–H and O–H groups in total. The van der Waals surface area contributed by atoms with E-state index in [4.69, 9.17) is 10.9 Å². The molecule has 1 aliphatic rings. The second kappa shape index (κ2) is 4.38. The van der Waals surface area contributed by atoms with E-state index in [-0.39, 0.29) is 17.0 Å². The van der Waals surface area contributed by atoms with E-state index in [1.807, 2.05) is 0 Å². The fraction of sp³-hybridized carbons (Fsp3) is 0.455. The highest BCUT2D eigenvalue weighted by atomic mass is 16.4. The van der Waals surface area contributed by atoms with Gasteiger partial charge in [0.25, 0.3) is 5.56 Å². The lowest BCUT2D eigenvalue weighted by atomic mass is 9.85. The molecule has 0 amide bonds. The van der Waals surface area contributed by atoms with Gasteiger partial charge in [-0.05, 0) is 30.9 Å². The first-order valence-corrected chi connectivity index (χ1v) is 5.39. The number of pyridine rings is 1. The highest BCUT2D eigenvalue weighted by Gasteiger charge is 2.18. The van der Waals surface area contributed by atoms with Crippen molar-refractivity contribution in [1.82, 2.24) is 4.57 Å². The monoisotopic (exact) mass is 221 g/mol. The maximum Gasteiger partial charge on any atom is 0.261 e. The van der Waals surface area contributed by atoms with E-state index in [1.54, 1.807) is 22.9 Å². The molecule has 1 aliphatic carbocycles. The number of nitrogens with zero attached hydrogens (tertiary/aromatic N) is 2. The second-order valence-corrected chi connectivity index (χ2v) is 4.16. The van der Waals surface area contributed by atoms with Crippen LogP contribution in [0.15, 0.2) is 28.3 Å². The van der Waals surface area contributed by atoms with Crippen molar-refractivity contribution in [2.75, 3.05) is 0 Å². The Balaban J connectivity index is 2.28. The van der Waals surface area contributed by atoms with Gasteiger partial charge in [-0.25, -0.2) is 0 Å². The number of rotatable bonds is 3. The molecule has 0 bridgehead atoms. The second-order valence-electron chi connectivity index (χ2n) is 4.16. The molecule has 0 aromatic carbocycles. The molecule has 0 spiro atoms. The Hall–Kier alpha value is -1.78. The van der Waals surface area contributed by atoms with Crippen molar-refractivity contribution < 1.29 is 5.21 Å². The van der Waals surface area contributed by atoms with Crippen LogP contribution in [0, 0.1) is 5.92 Å². The average Bonchev–Trinajstić information content (AvgIpc) is 2.24. The maximum absolute atomic E-state index is 11.9. The highest BCUT2D eigenvalue weighted by Crippen LogP contribution is 2.27. The van der Waals surface area contributed by atoms with Crippen molar-refractivity contribution >= 4 is 5.84 Å². The van der Waals surface area contributed by atoms with Crippen molar-refractivity contribution in [2.45, 2.75) is 25.8 Å². The minimum atomic E-state index is -0.190. The number of amidine groups is 1. The summed E-state index contributed by atoms with van der Waals surface area (Å²) in [6.07, 6.45) is 5.36. The third-order valence-electron chi connectivity index (χ3n) is 3.08. The van der Waals surface area contributed by atoms with Gasteiger partial charge >= 0.3 is 0 Å². The van der Waals surface area contributed by atoms with Gasteiger partial charge in [0, 0.05) is 12.7 Å². The summed E-state index contributed by atoms with van der Waals surface area (Å²) in [5, 5.41) is 11.4. The molecule has 0 radical (unpaired) electrons. The predicted octanol–water partition coefficient (Wildman–Crippen LogP) is 0.743. The summed E-state index contributed by atoms with van der Waals surface area (Å²) < 4.78 is 1.64. The molecule has 2 rings (SSSR count). The van der Waals surface area contributed by atoms with Gasteiger partial charge in [0.05, 0.1) is 5.56 Å². The number of oxime groups is 1. The molecule has 0 atom stereocenters. The quantitative estimate of drug-likeness (QED) is 0.342. The number of hydrogen-bond acceptors (Lipinski definition) is 3. The Labute approximate surface area is 93.2 Å². The maximum atomic E-state index is 11.9. The van der Waals surface area contributed by atoms with Crippen LogP contribution >= 0.6 is 0 Å². The molecule has 0 aliphatic heterocycles. The van der Waals surface area contributed by atoms with Crippen LogP contribution in [-0.2, 0) is 6.54 Å². The third-order valence-corrected chi connectivity index (χ3v) is 3.08. The lowest BCUT2D eigenvalue weighted by Crippen LogP contribution is -2.32. The number of hydrogen-bond donors (Lipinski definition) is 2. The fourth-order valence-electron chi connectivity index (χ4n) is 1.88. The average molecular weight is 221 g/mol. The van der Waals surface area contributed by atoms with Crippen LogP contribution in [0.5, 0.6) is 0 Å². The topological polar surface area (TPSA) is 80.6 Å². The fourth-order valence-corrected chi connectivity index (χ4v) is 1.88. The molecular formula is C11H15N3O2. The van der Waals surface area contributed by atoms with Gasteiger partial charge in [-0.2, -0.15) is 0 Å². The Morgan fingerprint density at radius 1 is 1.62 bits per heavy atom. The first-order chi connectivity index (χ1) is 7.72. The van der Waals surface area contributed by atoms with Gasteiger partial charge in [0.1, 0.15) is 0 Å². The van der Waals surface area contributed by atoms with Gasteiger partial charge < -0.3 is 15.5 Å². The first-order valence-electron chi connectivity index (χ1n) is 5.39. The van der Waals surface area contributed by atoms with Gasteiger partial charge in [-0.15, -0.1) is 0 Å². The van der Waals surface area contributed by atoms with Crippen LogP contribution in [0.4, 0.5) is 0 Å². The largest absolute Gasteiger partial charge is 0.409 e. The molecule has 1 heterocycles. The molecule has 1 saturated carbocycles. The highest BCUT2D eigenvalue weighted by molar-refractivity contribution is 5.96. The molecule has 0 saturated heterocycles. The molecule has 1 fully saturated rings. The molecule has 0 unspecified atom stereocenters. The summed E-state index contributed by atoms with van der Waals surface area (Å²) in [7, 11) is 0. The molecular weight excluding hydrogens is 206 g/mol. The molecule has 86 valence electrons. The molecule has 16 heavy (non-hydrogen) atoms. The zero-order chi connectivity index (χ0) is 11.5. The van der Waals surface area contributed by atoms with Gasteiger partial charge in [0.15, 0.2) is 5.84 Å². The van der Waals surface area contributed by atoms with Crippen molar-refractivity contribution in [3.63, 3.8) is 0 Å². The summed E-state index contributed by atoms with van der Waals surface area (Å²) in [6.45, 7) is 0.728. The molecule has 1 aromatic rings. The first kappa shape index (κ1) is 10.7. The zero-order valence-electron chi connectivity index (χ0n) is 8.97. The minimum Gasteiger partial charge on any atom is -0.409 e. The summed E-state index contributed by atoms with van der Waals surface area (Å²) >= 11 is 0. The van der Waals surface area contributed by atoms with E-state index < -0.39 is 0 Å². The predicted molar refractivity (Wildman–Crippen MR) is 60.6 cm³/mol. The Morgan fingerprint density at radius 3 is 2.94 bits per heavy atom. The minimum absolute atomic E-state index is 0.132. The van der Waals surface area contributed by atoms with Gasteiger partial charge in [0.2, 0.25) is 0 Å². The lowest BCUT2D eigenvalue weighted by molar-refractivity contribution is 0.273. The summed E-state index contributed by atoms with van der Waals surface area (Å²) in [6, 6.07) is 3.31. The number of nitrogens with two attached hydrogens (primary N) is 1. The van der Waals surface area contributed by atoms with Gasteiger partial charge in [-0.1, -0.05) is 11.6 Å². The number of aromatic nitrogens is 1. The normalized spacial score (nSPS) is 17.1. The summed E-state index contributed by atoms with van der Waals surface area (Å²) in [4.78, 5) is 11.9. The van der Waals surface area contributed by atoms with Crippen molar-refractivity contribution in [3.05, 3.63) is 34.2 Å². The Kier molecular flexibility index (Phi) is 2.94. The van der Waals surface area contributed by atoms with Crippen molar-refractivity contribution in [2.24, 2.45) is 16.8 Å². The van der Waals surface area contributed by atoms with Crippen LogP contribution in [0.2, 0.25) is 0 Å². The van der Waals surface area contributed by atoms with Crippen molar-refractivity contribution in [3.8, 4) is 0 Å². The summed E-state index contributed by atoms with van der Waals surface area (Å²) in [5.74, 6) is 0.466. The Morgan fingerprint density at radius 2 is 2.38 bits per heavy atom. The van der Waals surface area contributed by atoms with E-state index in [9.17, 15) is 4.79 Å². The SMILES string of the molecule is N/C(=N/O)c1cccn(CC2CCC2)c1=O. The van der Waals surface area contributed by atoms with Crippen LogP contribution in [0.3, 0.4) is 0 Å². The molecule has 5 nitrogen and oxygen atoms in total. The van der Waals surface area contributed by atoms with E-state index in [1.165, 1.54) is 19.3 Å². The lowest BCUT2D eigenvalue weighted by Gasteiger charge is -2.25. The van der Waals surface area contributed by atoms with E-state index in [0.29, 0.717) is 5.92 Å².